The van der Waals surface area contributed by atoms with Gasteiger partial charge in [0.25, 0.3) is 5.91 Å². The van der Waals surface area contributed by atoms with E-state index in [2.05, 4.69) is 0 Å². The van der Waals surface area contributed by atoms with Crippen LogP contribution in [0.4, 0.5) is 5.69 Å². The van der Waals surface area contributed by atoms with Crippen molar-refractivity contribution < 1.29 is 14.7 Å². The van der Waals surface area contributed by atoms with Crippen LogP contribution in [-0.2, 0) is 16.0 Å². The van der Waals surface area contributed by atoms with Gasteiger partial charge in [0, 0.05) is 37.8 Å². The van der Waals surface area contributed by atoms with Gasteiger partial charge in [0.2, 0.25) is 0 Å². The van der Waals surface area contributed by atoms with Gasteiger partial charge in [-0.1, -0.05) is 42.8 Å². The lowest BCUT2D eigenvalue weighted by Crippen LogP contribution is -2.33. The molecule has 2 aromatic rings. The van der Waals surface area contributed by atoms with Gasteiger partial charge >= 0.3 is 0 Å². The van der Waals surface area contributed by atoms with Crippen LogP contribution in [0.5, 0.6) is 0 Å². The summed E-state index contributed by atoms with van der Waals surface area (Å²) < 4.78 is 0. The lowest BCUT2D eigenvalue weighted by atomic mass is 9.94. The van der Waals surface area contributed by atoms with E-state index in [1.165, 1.54) is 0 Å². The number of amides is 1. The molecule has 2 aromatic carbocycles. The van der Waals surface area contributed by atoms with E-state index in [4.69, 9.17) is 11.6 Å². The normalized spacial score (nSPS) is 16.5. The summed E-state index contributed by atoms with van der Waals surface area (Å²) in [6.45, 7) is 2.11. The van der Waals surface area contributed by atoms with Gasteiger partial charge in [-0.15, -0.1) is 0 Å². The third-order valence-corrected chi connectivity index (χ3v) is 5.46. The Bertz CT molecular complexity index is 934. The Morgan fingerprint density at radius 1 is 1.10 bits per heavy atom. The van der Waals surface area contributed by atoms with Crippen LogP contribution in [0, 0.1) is 0 Å². The van der Waals surface area contributed by atoms with Gasteiger partial charge in [-0.2, -0.15) is 0 Å². The topological polar surface area (TPSA) is 60.9 Å². The first kappa shape index (κ1) is 20.9. The molecule has 1 aliphatic rings. The monoisotopic (exact) mass is 412 g/mol. The second-order valence-corrected chi connectivity index (χ2v) is 7.74. The van der Waals surface area contributed by atoms with Gasteiger partial charge in [-0.25, -0.2) is 0 Å². The molecule has 3 rings (SSSR count). The summed E-state index contributed by atoms with van der Waals surface area (Å²) >= 11 is 5.94. The number of nitrogens with zero attached hydrogens (tertiary/aromatic N) is 2. The molecule has 1 heterocycles. The van der Waals surface area contributed by atoms with E-state index in [0.717, 1.165) is 16.8 Å². The van der Waals surface area contributed by atoms with Gasteiger partial charge in [-0.05, 0) is 41.8 Å². The van der Waals surface area contributed by atoms with Crippen molar-refractivity contribution in [3.8, 4) is 0 Å². The minimum atomic E-state index is -0.585. The van der Waals surface area contributed by atoms with Gasteiger partial charge in [0.15, 0.2) is 11.5 Å². The number of rotatable bonds is 7. The zero-order chi connectivity index (χ0) is 21.1. The molecule has 152 valence electrons. The number of hydrogen-bond acceptors (Lipinski definition) is 4. The molecule has 0 radical (unpaired) electrons. The van der Waals surface area contributed by atoms with Crippen molar-refractivity contribution in [1.82, 2.24) is 4.90 Å². The van der Waals surface area contributed by atoms with Crippen LogP contribution in [0.3, 0.4) is 0 Å². The van der Waals surface area contributed by atoms with Crippen molar-refractivity contribution in [3.63, 3.8) is 0 Å². The molecule has 5 nitrogen and oxygen atoms in total. The second-order valence-electron chi connectivity index (χ2n) is 7.30. The van der Waals surface area contributed by atoms with Gasteiger partial charge in [0.1, 0.15) is 0 Å². The summed E-state index contributed by atoms with van der Waals surface area (Å²) in [6.07, 6.45) is 0.819. The van der Waals surface area contributed by atoms with Crippen LogP contribution in [-0.4, -0.2) is 42.3 Å². The van der Waals surface area contributed by atoms with E-state index in [9.17, 15) is 14.7 Å². The molecule has 0 saturated heterocycles. The minimum absolute atomic E-state index is 0.186. The number of halogens is 1. The van der Waals surface area contributed by atoms with Crippen LogP contribution >= 0.6 is 11.6 Å². The number of ketones is 1. The maximum absolute atomic E-state index is 12.8. The molecule has 1 unspecified atom stereocenters. The van der Waals surface area contributed by atoms with Crippen molar-refractivity contribution in [2.75, 3.05) is 25.5 Å². The summed E-state index contributed by atoms with van der Waals surface area (Å²) in [5, 5.41) is 11.1. The van der Waals surface area contributed by atoms with E-state index in [-0.39, 0.29) is 17.8 Å². The standard InChI is InChI=1S/C23H25ClN2O3/c1-4-19(27)20-21(16-7-11-18(12-8-16)25(2)3)26(23(29)22(20)28)14-13-15-5-9-17(24)10-6-15/h5-12,21,28H,4,13-14H2,1-3H3. The maximum atomic E-state index is 12.8. The van der Waals surface area contributed by atoms with Crippen molar-refractivity contribution in [2.45, 2.75) is 25.8 Å². The molecule has 6 heteroatoms. The lowest BCUT2D eigenvalue weighted by Gasteiger charge is -2.27. The minimum Gasteiger partial charge on any atom is -0.503 e. The average molecular weight is 413 g/mol. The van der Waals surface area contributed by atoms with Crippen molar-refractivity contribution in [1.29, 1.82) is 0 Å². The fourth-order valence-electron chi connectivity index (χ4n) is 3.56. The molecule has 0 spiro atoms. The molecule has 0 bridgehead atoms. The molecule has 1 amide bonds. The molecular weight excluding hydrogens is 388 g/mol. The Morgan fingerprint density at radius 3 is 2.28 bits per heavy atom. The van der Waals surface area contributed by atoms with Crippen molar-refractivity contribution in [3.05, 3.63) is 76.0 Å². The molecule has 0 saturated carbocycles. The van der Waals surface area contributed by atoms with Crippen molar-refractivity contribution in [2.24, 2.45) is 0 Å². The van der Waals surface area contributed by atoms with Gasteiger partial charge < -0.3 is 14.9 Å². The van der Waals surface area contributed by atoms with E-state index < -0.39 is 17.7 Å². The Balaban J connectivity index is 1.93. The Kier molecular flexibility index (Phi) is 6.28. The number of aliphatic hydroxyl groups excluding tert-OH is 1. The third-order valence-electron chi connectivity index (χ3n) is 5.21. The molecule has 1 N–H and O–H groups in total. The highest BCUT2D eigenvalue weighted by Crippen LogP contribution is 2.38. The third kappa shape index (κ3) is 4.30. The molecule has 29 heavy (non-hydrogen) atoms. The van der Waals surface area contributed by atoms with Crippen LogP contribution < -0.4 is 4.90 Å². The predicted octanol–water partition coefficient (Wildman–Crippen LogP) is 4.32. The average Bonchev–Trinajstić information content (AvgIpc) is 2.97. The molecular formula is C23H25ClN2O3. The Hall–Kier alpha value is -2.79. The molecule has 1 aliphatic heterocycles. The maximum Gasteiger partial charge on any atom is 0.290 e. The first-order valence-electron chi connectivity index (χ1n) is 9.62. The zero-order valence-corrected chi connectivity index (χ0v) is 17.6. The van der Waals surface area contributed by atoms with Crippen LogP contribution in [0.2, 0.25) is 5.02 Å². The largest absolute Gasteiger partial charge is 0.503 e. The van der Waals surface area contributed by atoms with Crippen LogP contribution in [0.25, 0.3) is 0 Å². The summed E-state index contributed by atoms with van der Waals surface area (Å²) in [6, 6.07) is 14.6. The molecule has 0 aliphatic carbocycles. The van der Waals surface area contributed by atoms with Gasteiger partial charge in [-0.3, -0.25) is 9.59 Å². The number of hydrogen-bond donors (Lipinski definition) is 1. The number of anilines is 1. The first-order valence-corrected chi connectivity index (χ1v) is 10.00. The fourth-order valence-corrected chi connectivity index (χ4v) is 3.69. The summed E-state index contributed by atoms with van der Waals surface area (Å²) in [5.74, 6) is -1.15. The number of benzene rings is 2. The SMILES string of the molecule is CCC(=O)C1=C(O)C(=O)N(CCc2ccc(Cl)cc2)C1c1ccc(N(C)C)cc1. The van der Waals surface area contributed by atoms with Crippen molar-refractivity contribution >= 4 is 29.0 Å². The number of aliphatic hydroxyl groups is 1. The predicted molar refractivity (Wildman–Crippen MR) is 115 cm³/mol. The molecule has 1 atom stereocenters. The second kappa shape index (κ2) is 8.70. The smallest absolute Gasteiger partial charge is 0.290 e. The van der Waals surface area contributed by atoms with E-state index >= 15 is 0 Å². The molecule has 0 aromatic heterocycles. The number of carbonyl (C=O) groups is 2. The number of Topliss-reactive ketones (excluding diaryl/α,β-unsaturated/α-hetero) is 1. The Labute approximate surface area is 176 Å². The lowest BCUT2D eigenvalue weighted by molar-refractivity contribution is -0.129. The first-order chi connectivity index (χ1) is 13.8. The highest BCUT2D eigenvalue weighted by molar-refractivity contribution is 6.30. The fraction of sp³-hybridized carbons (Fsp3) is 0.304. The van der Waals surface area contributed by atoms with E-state index in [1.807, 2.05) is 67.5 Å². The zero-order valence-electron chi connectivity index (χ0n) is 16.9. The van der Waals surface area contributed by atoms with Crippen LogP contribution in [0.1, 0.15) is 30.5 Å². The Morgan fingerprint density at radius 2 is 1.72 bits per heavy atom. The van der Waals surface area contributed by atoms with Crippen LogP contribution in [0.15, 0.2) is 59.9 Å². The summed E-state index contributed by atoms with van der Waals surface area (Å²) in [4.78, 5) is 28.9. The van der Waals surface area contributed by atoms with E-state index in [0.29, 0.717) is 18.0 Å². The van der Waals surface area contributed by atoms with Gasteiger partial charge in [0.05, 0.1) is 11.6 Å². The highest BCUT2D eigenvalue weighted by atomic mass is 35.5. The summed E-state index contributed by atoms with van der Waals surface area (Å²) in [5.41, 5.74) is 3.04. The highest BCUT2D eigenvalue weighted by Gasteiger charge is 2.42. The quantitative estimate of drug-likeness (QED) is 0.735. The molecule has 0 fully saturated rings. The summed E-state index contributed by atoms with van der Waals surface area (Å²) in [7, 11) is 3.90. The number of carbonyl (C=O) groups excluding carboxylic acids is 2. The van der Waals surface area contributed by atoms with E-state index in [1.54, 1.807) is 11.8 Å².